The standard InChI is InChI=1S/C22H24F2N4O5S/c1-13(2)27(4)34(32,33)16-8-6-15(7-9-16)25-19(29)12-28-20(30)22(3,26-21(28)31)17-11-14(23)5-10-18(17)24/h5-11,13H,12H2,1-4H3,(H,25,29)(H,26,31)/t22-/m1/s1. The number of rotatable bonds is 7. The number of sulfonamides is 1. The Balaban J connectivity index is 1.72. The summed E-state index contributed by atoms with van der Waals surface area (Å²) in [5.41, 5.74) is -2.01. The van der Waals surface area contributed by atoms with Gasteiger partial charge in [-0.1, -0.05) is 0 Å². The van der Waals surface area contributed by atoms with Crippen molar-refractivity contribution in [3.8, 4) is 0 Å². The van der Waals surface area contributed by atoms with Gasteiger partial charge in [0.2, 0.25) is 15.9 Å². The largest absolute Gasteiger partial charge is 0.325 e. The molecule has 1 aliphatic rings. The number of hydrogen-bond donors (Lipinski definition) is 2. The highest BCUT2D eigenvalue weighted by Gasteiger charge is 2.50. The van der Waals surface area contributed by atoms with Crippen LogP contribution >= 0.6 is 0 Å². The molecule has 0 saturated carbocycles. The topological polar surface area (TPSA) is 116 Å². The summed E-state index contributed by atoms with van der Waals surface area (Å²) in [5, 5.41) is 4.78. The molecule has 12 heteroatoms. The van der Waals surface area contributed by atoms with Crippen molar-refractivity contribution in [1.29, 1.82) is 0 Å². The smallest absolute Gasteiger partial charge is 0.325 e. The highest BCUT2D eigenvalue weighted by Crippen LogP contribution is 2.31. The fraction of sp³-hybridized carbons (Fsp3) is 0.318. The number of halogens is 2. The molecular weight excluding hydrogens is 470 g/mol. The average Bonchev–Trinajstić information content (AvgIpc) is 2.98. The van der Waals surface area contributed by atoms with Crippen LogP contribution in [0.4, 0.5) is 19.3 Å². The molecule has 0 unspecified atom stereocenters. The summed E-state index contributed by atoms with van der Waals surface area (Å²) in [6, 6.07) is 6.73. The lowest BCUT2D eigenvalue weighted by Crippen LogP contribution is -2.42. The lowest BCUT2D eigenvalue weighted by atomic mass is 9.91. The Morgan fingerprint density at radius 2 is 1.76 bits per heavy atom. The van der Waals surface area contributed by atoms with Crippen LogP contribution in [0.2, 0.25) is 0 Å². The van der Waals surface area contributed by atoms with E-state index in [-0.39, 0.29) is 22.2 Å². The van der Waals surface area contributed by atoms with Crippen molar-refractivity contribution in [2.45, 2.75) is 37.2 Å². The zero-order valence-corrected chi connectivity index (χ0v) is 19.7. The molecular formula is C22H24F2N4O5S. The number of carbonyl (C=O) groups excluding carboxylic acids is 3. The van der Waals surface area contributed by atoms with E-state index >= 15 is 0 Å². The van der Waals surface area contributed by atoms with Crippen LogP contribution in [0.15, 0.2) is 47.4 Å². The summed E-state index contributed by atoms with van der Waals surface area (Å²) in [6.45, 7) is 3.99. The van der Waals surface area contributed by atoms with Crippen LogP contribution in [-0.2, 0) is 25.2 Å². The summed E-state index contributed by atoms with van der Waals surface area (Å²) in [6.07, 6.45) is 0. The molecule has 34 heavy (non-hydrogen) atoms. The molecule has 3 rings (SSSR count). The Morgan fingerprint density at radius 1 is 1.15 bits per heavy atom. The summed E-state index contributed by atoms with van der Waals surface area (Å²) >= 11 is 0. The zero-order valence-electron chi connectivity index (χ0n) is 18.9. The summed E-state index contributed by atoms with van der Waals surface area (Å²) in [7, 11) is -2.25. The molecule has 1 fully saturated rings. The van der Waals surface area contributed by atoms with E-state index in [1.54, 1.807) is 13.8 Å². The van der Waals surface area contributed by atoms with Gasteiger partial charge < -0.3 is 10.6 Å². The van der Waals surface area contributed by atoms with Gasteiger partial charge in [0.1, 0.15) is 23.7 Å². The maximum absolute atomic E-state index is 14.2. The number of amides is 4. The summed E-state index contributed by atoms with van der Waals surface area (Å²) in [4.78, 5) is 38.3. The van der Waals surface area contributed by atoms with E-state index in [4.69, 9.17) is 0 Å². The molecule has 0 aliphatic carbocycles. The second kappa shape index (κ2) is 9.11. The molecule has 0 aromatic heterocycles. The van der Waals surface area contributed by atoms with Crippen LogP contribution in [-0.4, -0.2) is 55.1 Å². The number of nitrogens with one attached hydrogen (secondary N) is 2. The van der Waals surface area contributed by atoms with Gasteiger partial charge in [-0.2, -0.15) is 4.31 Å². The molecule has 1 saturated heterocycles. The van der Waals surface area contributed by atoms with E-state index in [2.05, 4.69) is 10.6 Å². The number of carbonyl (C=O) groups is 3. The van der Waals surface area contributed by atoms with Crippen molar-refractivity contribution in [2.75, 3.05) is 18.9 Å². The molecule has 0 spiro atoms. The number of hydrogen-bond acceptors (Lipinski definition) is 5. The third kappa shape index (κ3) is 4.64. The summed E-state index contributed by atoms with van der Waals surface area (Å²) in [5.74, 6) is -3.35. The first kappa shape index (κ1) is 25.2. The van der Waals surface area contributed by atoms with Gasteiger partial charge in [0.15, 0.2) is 0 Å². The van der Waals surface area contributed by atoms with Crippen LogP contribution in [0.1, 0.15) is 26.3 Å². The lowest BCUT2D eigenvalue weighted by Gasteiger charge is -2.22. The molecule has 9 nitrogen and oxygen atoms in total. The third-order valence-corrected chi connectivity index (χ3v) is 7.63. The minimum Gasteiger partial charge on any atom is -0.325 e. The Labute approximate surface area is 195 Å². The number of anilines is 1. The first-order valence-electron chi connectivity index (χ1n) is 10.2. The van der Waals surface area contributed by atoms with E-state index in [1.807, 2.05) is 0 Å². The van der Waals surface area contributed by atoms with Crippen molar-refractivity contribution in [3.05, 3.63) is 59.7 Å². The highest BCUT2D eigenvalue weighted by molar-refractivity contribution is 7.89. The molecule has 2 N–H and O–H groups in total. The Bertz CT molecular complexity index is 1250. The second-order valence-electron chi connectivity index (χ2n) is 8.26. The zero-order chi connectivity index (χ0) is 25.4. The molecule has 1 atom stereocenters. The van der Waals surface area contributed by atoms with Gasteiger partial charge in [-0.05, 0) is 63.2 Å². The van der Waals surface area contributed by atoms with E-state index in [0.29, 0.717) is 4.90 Å². The van der Waals surface area contributed by atoms with Crippen LogP contribution in [0.25, 0.3) is 0 Å². The fourth-order valence-corrected chi connectivity index (χ4v) is 4.77. The van der Waals surface area contributed by atoms with Gasteiger partial charge >= 0.3 is 6.03 Å². The van der Waals surface area contributed by atoms with Gasteiger partial charge in [0, 0.05) is 24.3 Å². The van der Waals surface area contributed by atoms with Crippen LogP contribution in [0.3, 0.4) is 0 Å². The highest BCUT2D eigenvalue weighted by atomic mass is 32.2. The molecule has 4 amide bonds. The van der Waals surface area contributed by atoms with E-state index in [9.17, 15) is 31.6 Å². The van der Waals surface area contributed by atoms with Gasteiger partial charge in [0.25, 0.3) is 5.91 Å². The van der Waals surface area contributed by atoms with Gasteiger partial charge in [-0.25, -0.2) is 22.0 Å². The SMILES string of the molecule is CC(C)N(C)S(=O)(=O)c1ccc(NC(=O)CN2C(=O)N[C@](C)(c3cc(F)ccc3F)C2=O)cc1. The van der Waals surface area contributed by atoms with Crippen LogP contribution < -0.4 is 10.6 Å². The first-order valence-corrected chi connectivity index (χ1v) is 11.7. The van der Waals surface area contributed by atoms with Crippen molar-refractivity contribution in [1.82, 2.24) is 14.5 Å². The maximum Gasteiger partial charge on any atom is 0.325 e. The number of imide groups is 1. The minimum atomic E-state index is -3.71. The third-order valence-electron chi connectivity index (χ3n) is 5.59. The normalized spacial score (nSPS) is 18.5. The predicted molar refractivity (Wildman–Crippen MR) is 119 cm³/mol. The Kier molecular flexibility index (Phi) is 6.76. The molecule has 182 valence electrons. The minimum absolute atomic E-state index is 0.0312. The van der Waals surface area contributed by atoms with Crippen LogP contribution in [0, 0.1) is 11.6 Å². The number of nitrogens with zero attached hydrogens (tertiary/aromatic N) is 2. The van der Waals surface area contributed by atoms with Crippen molar-refractivity contribution in [2.24, 2.45) is 0 Å². The summed E-state index contributed by atoms with van der Waals surface area (Å²) < 4.78 is 54.1. The second-order valence-corrected chi connectivity index (χ2v) is 10.3. The molecule has 1 aliphatic heterocycles. The van der Waals surface area contributed by atoms with Gasteiger partial charge in [-0.3, -0.25) is 14.5 Å². The van der Waals surface area contributed by atoms with E-state index in [1.165, 1.54) is 42.5 Å². The van der Waals surface area contributed by atoms with Gasteiger partial charge in [0.05, 0.1) is 4.90 Å². The van der Waals surface area contributed by atoms with Crippen molar-refractivity contribution < 1.29 is 31.6 Å². The Hall–Kier alpha value is -3.38. The average molecular weight is 495 g/mol. The van der Waals surface area contributed by atoms with E-state index in [0.717, 1.165) is 18.2 Å². The van der Waals surface area contributed by atoms with Crippen LogP contribution in [0.5, 0.6) is 0 Å². The monoisotopic (exact) mass is 494 g/mol. The van der Waals surface area contributed by atoms with Crippen molar-refractivity contribution in [3.63, 3.8) is 0 Å². The van der Waals surface area contributed by atoms with Crippen molar-refractivity contribution >= 4 is 33.6 Å². The fourth-order valence-electron chi connectivity index (χ4n) is 3.40. The number of benzene rings is 2. The first-order chi connectivity index (χ1) is 15.8. The van der Waals surface area contributed by atoms with Gasteiger partial charge in [-0.15, -0.1) is 0 Å². The Morgan fingerprint density at radius 3 is 2.35 bits per heavy atom. The quantitative estimate of drug-likeness (QED) is 0.574. The molecule has 1 heterocycles. The predicted octanol–water partition coefficient (Wildman–Crippen LogP) is 2.40. The maximum atomic E-state index is 14.2. The molecule has 2 aromatic carbocycles. The number of urea groups is 1. The molecule has 0 bridgehead atoms. The van der Waals surface area contributed by atoms with E-state index < -0.39 is 51.6 Å². The molecule has 2 aromatic rings. The molecule has 0 radical (unpaired) electrons. The lowest BCUT2D eigenvalue weighted by molar-refractivity contribution is -0.133.